The predicted molar refractivity (Wildman–Crippen MR) is 73.9 cm³/mol. The lowest BCUT2D eigenvalue weighted by molar-refractivity contribution is 1.17. The number of hydrogen-bond acceptors (Lipinski definition) is 3. The summed E-state index contributed by atoms with van der Waals surface area (Å²) in [5.41, 5.74) is 0.912. The molecule has 0 spiro atoms. The molecule has 0 radical (unpaired) electrons. The molecular formula is C12H10Cl2N2S. The highest BCUT2D eigenvalue weighted by Gasteiger charge is 2.04. The zero-order valence-corrected chi connectivity index (χ0v) is 11.5. The third kappa shape index (κ3) is 3.35. The number of rotatable bonds is 3. The SMILES string of the molecule is CCSc1ccc(-c2nc(Cl)cc(Cl)n2)cc1. The van der Waals surface area contributed by atoms with Crippen LogP contribution in [0.4, 0.5) is 0 Å². The molecule has 0 aliphatic carbocycles. The fourth-order valence-electron chi connectivity index (χ4n) is 1.39. The number of benzene rings is 1. The van der Waals surface area contributed by atoms with Crippen LogP contribution in [0.5, 0.6) is 0 Å². The van der Waals surface area contributed by atoms with Gasteiger partial charge in [0.2, 0.25) is 0 Å². The quantitative estimate of drug-likeness (QED) is 0.610. The monoisotopic (exact) mass is 284 g/mol. The van der Waals surface area contributed by atoms with Crippen LogP contribution in [0.2, 0.25) is 10.3 Å². The van der Waals surface area contributed by atoms with E-state index in [0.29, 0.717) is 16.1 Å². The molecule has 0 atom stereocenters. The molecule has 5 heteroatoms. The average Bonchev–Trinajstić information content (AvgIpc) is 2.29. The van der Waals surface area contributed by atoms with E-state index in [-0.39, 0.29) is 0 Å². The van der Waals surface area contributed by atoms with Gasteiger partial charge in [-0.05, 0) is 17.9 Å². The summed E-state index contributed by atoms with van der Waals surface area (Å²) in [6, 6.07) is 9.55. The first kappa shape index (κ1) is 12.7. The van der Waals surface area contributed by atoms with E-state index in [1.54, 1.807) is 11.8 Å². The molecule has 0 saturated heterocycles. The van der Waals surface area contributed by atoms with Crippen LogP contribution < -0.4 is 0 Å². The molecule has 17 heavy (non-hydrogen) atoms. The van der Waals surface area contributed by atoms with Gasteiger partial charge < -0.3 is 0 Å². The van der Waals surface area contributed by atoms with E-state index in [0.717, 1.165) is 11.3 Å². The van der Waals surface area contributed by atoms with Crippen molar-refractivity contribution in [3.8, 4) is 11.4 Å². The predicted octanol–water partition coefficient (Wildman–Crippen LogP) is 4.56. The Hall–Kier alpha value is -0.770. The molecule has 1 heterocycles. The third-order valence-electron chi connectivity index (χ3n) is 2.09. The standard InChI is InChI=1S/C12H10Cl2N2S/c1-2-17-9-5-3-8(4-6-9)12-15-10(13)7-11(14)16-12/h3-7H,2H2,1H3. The van der Waals surface area contributed by atoms with Gasteiger partial charge in [0.05, 0.1) is 0 Å². The summed E-state index contributed by atoms with van der Waals surface area (Å²) in [5, 5.41) is 0.707. The van der Waals surface area contributed by atoms with Crippen molar-refractivity contribution >= 4 is 35.0 Å². The number of nitrogens with zero attached hydrogens (tertiary/aromatic N) is 2. The summed E-state index contributed by atoms with van der Waals surface area (Å²) < 4.78 is 0. The van der Waals surface area contributed by atoms with Crippen LogP contribution in [0, 0.1) is 0 Å². The Bertz CT molecular complexity index is 494. The van der Waals surface area contributed by atoms with Crippen LogP contribution in [0.25, 0.3) is 11.4 Å². The minimum absolute atomic E-state index is 0.354. The van der Waals surface area contributed by atoms with Crippen molar-refractivity contribution in [1.29, 1.82) is 0 Å². The van der Waals surface area contributed by atoms with E-state index in [4.69, 9.17) is 23.2 Å². The van der Waals surface area contributed by atoms with Crippen molar-refractivity contribution in [3.63, 3.8) is 0 Å². The molecular weight excluding hydrogens is 275 g/mol. The molecule has 88 valence electrons. The average molecular weight is 285 g/mol. The Morgan fingerprint density at radius 2 is 1.65 bits per heavy atom. The Balaban J connectivity index is 2.32. The van der Waals surface area contributed by atoms with Crippen molar-refractivity contribution in [2.45, 2.75) is 11.8 Å². The van der Waals surface area contributed by atoms with Crippen LogP contribution >= 0.6 is 35.0 Å². The molecule has 0 unspecified atom stereocenters. The van der Waals surface area contributed by atoms with Crippen molar-refractivity contribution in [2.75, 3.05) is 5.75 Å². The first-order valence-electron chi connectivity index (χ1n) is 5.12. The maximum Gasteiger partial charge on any atom is 0.162 e. The van der Waals surface area contributed by atoms with Crippen LogP contribution in [-0.2, 0) is 0 Å². The van der Waals surface area contributed by atoms with E-state index in [2.05, 4.69) is 16.9 Å². The third-order valence-corrected chi connectivity index (χ3v) is 3.37. The van der Waals surface area contributed by atoms with Crippen LogP contribution in [0.1, 0.15) is 6.92 Å². The fourth-order valence-corrected chi connectivity index (χ4v) is 2.47. The Kier molecular flexibility index (Phi) is 4.26. The maximum absolute atomic E-state index is 5.84. The van der Waals surface area contributed by atoms with E-state index in [1.807, 2.05) is 24.3 Å². The zero-order valence-electron chi connectivity index (χ0n) is 9.15. The molecule has 2 nitrogen and oxygen atoms in total. The fraction of sp³-hybridized carbons (Fsp3) is 0.167. The Morgan fingerprint density at radius 3 is 2.18 bits per heavy atom. The van der Waals surface area contributed by atoms with E-state index in [1.165, 1.54) is 11.0 Å². The van der Waals surface area contributed by atoms with Crippen molar-refractivity contribution in [2.24, 2.45) is 0 Å². The summed E-state index contributed by atoms with van der Waals surface area (Å²) >= 11 is 13.5. The minimum Gasteiger partial charge on any atom is -0.216 e. The highest BCUT2D eigenvalue weighted by molar-refractivity contribution is 7.99. The van der Waals surface area contributed by atoms with Crippen LogP contribution in [0.3, 0.4) is 0 Å². The summed E-state index contributed by atoms with van der Waals surface area (Å²) in [7, 11) is 0. The van der Waals surface area contributed by atoms with Gasteiger partial charge in [0.1, 0.15) is 10.3 Å². The molecule has 1 aromatic carbocycles. The van der Waals surface area contributed by atoms with Gasteiger partial charge in [-0.15, -0.1) is 11.8 Å². The van der Waals surface area contributed by atoms with Crippen molar-refractivity contribution in [1.82, 2.24) is 9.97 Å². The van der Waals surface area contributed by atoms with E-state index in [9.17, 15) is 0 Å². The zero-order chi connectivity index (χ0) is 12.3. The number of aromatic nitrogens is 2. The second-order valence-electron chi connectivity index (χ2n) is 3.29. The molecule has 0 aliphatic rings. The summed E-state index contributed by atoms with van der Waals surface area (Å²) in [5.74, 6) is 1.61. The van der Waals surface area contributed by atoms with Gasteiger partial charge >= 0.3 is 0 Å². The Labute approximate surface area is 114 Å². The first-order chi connectivity index (χ1) is 8.19. The lowest BCUT2D eigenvalue weighted by atomic mass is 10.2. The number of hydrogen-bond donors (Lipinski definition) is 0. The van der Waals surface area contributed by atoms with Gasteiger partial charge in [-0.2, -0.15) is 0 Å². The van der Waals surface area contributed by atoms with Crippen molar-refractivity contribution in [3.05, 3.63) is 40.6 Å². The molecule has 0 aliphatic heterocycles. The van der Waals surface area contributed by atoms with Crippen molar-refractivity contribution < 1.29 is 0 Å². The molecule has 0 amide bonds. The molecule has 1 aromatic heterocycles. The Morgan fingerprint density at radius 1 is 1.06 bits per heavy atom. The summed E-state index contributed by atoms with van der Waals surface area (Å²) in [6.07, 6.45) is 0. The molecule has 2 rings (SSSR count). The second kappa shape index (κ2) is 5.71. The number of halogens is 2. The molecule has 0 fully saturated rings. The highest BCUT2D eigenvalue weighted by atomic mass is 35.5. The summed E-state index contributed by atoms with van der Waals surface area (Å²) in [4.78, 5) is 9.51. The van der Waals surface area contributed by atoms with Gasteiger partial charge in [0.15, 0.2) is 5.82 Å². The molecule has 0 bridgehead atoms. The normalized spacial score (nSPS) is 10.5. The maximum atomic E-state index is 5.84. The van der Waals surface area contributed by atoms with Gasteiger partial charge in [0.25, 0.3) is 0 Å². The van der Waals surface area contributed by atoms with Gasteiger partial charge in [0, 0.05) is 16.5 Å². The highest BCUT2D eigenvalue weighted by Crippen LogP contribution is 2.24. The first-order valence-corrected chi connectivity index (χ1v) is 6.86. The minimum atomic E-state index is 0.354. The second-order valence-corrected chi connectivity index (χ2v) is 5.41. The summed E-state index contributed by atoms with van der Waals surface area (Å²) in [6.45, 7) is 2.12. The lowest BCUT2D eigenvalue weighted by Gasteiger charge is -2.03. The van der Waals surface area contributed by atoms with Gasteiger partial charge in [-0.25, -0.2) is 9.97 Å². The largest absolute Gasteiger partial charge is 0.216 e. The van der Waals surface area contributed by atoms with E-state index < -0.39 is 0 Å². The molecule has 0 N–H and O–H groups in total. The number of thioether (sulfide) groups is 1. The van der Waals surface area contributed by atoms with Gasteiger partial charge in [-0.3, -0.25) is 0 Å². The van der Waals surface area contributed by atoms with E-state index >= 15 is 0 Å². The smallest absolute Gasteiger partial charge is 0.162 e. The molecule has 0 saturated carbocycles. The van der Waals surface area contributed by atoms with Crippen LogP contribution in [-0.4, -0.2) is 15.7 Å². The lowest BCUT2D eigenvalue weighted by Crippen LogP contribution is -1.89. The van der Waals surface area contributed by atoms with Crippen LogP contribution in [0.15, 0.2) is 35.2 Å². The molecule has 2 aromatic rings. The topological polar surface area (TPSA) is 25.8 Å². The van der Waals surface area contributed by atoms with Gasteiger partial charge in [-0.1, -0.05) is 42.3 Å².